The zero-order valence-electron chi connectivity index (χ0n) is 8.90. The predicted octanol–water partition coefficient (Wildman–Crippen LogP) is 1.52. The maximum atomic E-state index is 3.62. The third-order valence-corrected chi connectivity index (χ3v) is 3.87. The SMILES string of the molecule is CC1CCC2(CCC(C)NC2)CN1. The summed E-state index contributed by atoms with van der Waals surface area (Å²) in [5, 5.41) is 7.23. The van der Waals surface area contributed by atoms with Gasteiger partial charge in [0.1, 0.15) is 0 Å². The van der Waals surface area contributed by atoms with E-state index in [0.717, 1.165) is 12.1 Å². The average molecular weight is 182 g/mol. The van der Waals surface area contributed by atoms with E-state index in [1.54, 1.807) is 0 Å². The third-order valence-electron chi connectivity index (χ3n) is 3.87. The Balaban J connectivity index is 1.90. The van der Waals surface area contributed by atoms with Gasteiger partial charge in [0.2, 0.25) is 0 Å². The highest BCUT2D eigenvalue weighted by molar-refractivity contribution is 4.93. The lowest BCUT2D eigenvalue weighted by Crippen LogP contribution is -2.53. The Hall–Kier alpha value is -0.0800. The topological polar surface area (TPSA) is 24.1 Å². The highest BCUT2D eigenvalue weighted by Gasteiger charge is 2.36. The molecule has 76 valence electrons. The van der Waals surface area contributed by atoms with E-state index in [9.17, 15) is 0 Å². The van der Waals surface area contributed by atoms with Crippen molar-refractivity contribution >= 4 is 0 Å². The van der Waals surface area contributed by atoms with E-state index < -0.39 is 0 Å². The first-order chi connectivity index (χ1) is 6.20. The van der Waals surface area contributed by atoms with Crippen molar-refractivity contribution in [2.75, 3.05) is 13.1 Å². The number of hydrogen-bond acceptors (Lipinski definition) is 2. The van der Waals surface area contributed by atoms with Gasteiger partial charge in [0.25, 0.3) is 0 Å². The quantitative estimate of drug-likeness (QED) is 0.593. The normalized spacial score (nSPS) is 46.6. The molecule has 2 saturated heterocycles. The van der Waals surface area contributed by atoms with Gasteiger partial charge in [-0.2, -0.15) is 0 Å². The molecule has 1 spiro atoms. The molecule has 2 heterocycles. The molecule has 2 fully saturated rings. The van der Waals surface area contributed by atoms with Crippen LogP contribution < -0.4 is 10.6 Å². The minimum atomic E-state index is 0.596. The zero-order chi connectivity index (χ0) is 9.31. The van der Waals surface area contributed by atoms with Crippen molar-refractivity contribution in [1.29, 1.82) is 0 Å². The molecule has 2 unspecified atom stereocenters. The molecule has 0 bridgehead atoms. The molecule has 0 saturated carbocycles. The highest BCUT2D eigenvalue weighted by Crippen LogP contribution is 2.35. The Bertz CT molecular complexity index is 139. The van der Waals surface area contributed by atoms with Gasteiger partial charge in [-0.05, 0) is 44.9 Å². The van der Waals surface area contributed by atoms with Gasteiger partial charge in [0, 0.05) is 25.2 Å². The summed E-state index contributed by atoms with van der Waals surface area (Å²) in [4.78, 5) is 0. The van der Waals surface area contributed by atoms with Crippen LogP contribution in [-0.4, -0.2) is 25.2 Å². The Morgan fingerprint density at radius 2 is 1.38 bits per heavy atom. The number of rotatable bonds is 0. The zero-order valence-corrected chi connectivity index (χ0v) is 8.90. The fraction of sp³-hybridized carbons (Fsp3) is 1.00. The van der Waals surface area contributed by atoms with Gasteiger partial charge in [0.15, 0.2) is 0 Å². The van der Waals surface area contributed by atoms with Crippen LogP contribution in [0.4, 0.5) is 0 Å². The summed E-state index contributed by atoms with van der Waals surface area (Å²) in [7, 11) is 0. The number of hydrogen-bond donors (Lipinski definition) is 2. The van der Waals surface area contributed by atoms with Gasteiger partial charge in [-0.3, -0.25) is 0 Å². The van der Waals surface area contributed by atoms with E-state index >= 15 is 0 Å². The molecule has 13 heavy (non-hydrogen) atoms. The largest absolute Gasteiger partial charge is 0.314 e. The Kier molecular flexibility index (Phi) is 2.61. The van der Waals surface area contributed by atoms with Crippen molar-refractivity contribution in [2.24, 2.45) is 5.41 Å². The summed E-state index contributed by atoms with van der Waals surface area (Å²) < 4.78 is 0. The first-order valence-electron chi connectivity index (χ1n) is 5.67. The van der Waals surface area contributed by atoms with E-state index in [1.807, 2.05) is 0 Å². The van der Waals surface area contributed by atoms with Crippen LogP contribution in [0.15, 0.2) is 0 Å². The minimum absolute atomic E-state index is 0.596. The Morgan fingerprint density at radius 1 is 0.923 bits per heavy atom. The van der Waals surface area contributed by atoms with Gasteiger partial charge in [-0.25, -0.2) is 0 Å². The van der Waals surface area contributed by atoms with Crippen LogP contribution in [0.25, 0.3) is 0 Å². The fourth-order valence-electron chi connectivity index (χ4n) is 2.57. The molecule has 0 radical (unpaired) electrons. The van der Waals surface area contributed by atoms with E-state index in [2.05, 4.69) is 24.5 Å². The molecule has 0 aromatic heterocycles. The Morgan fingerprint density at radius 3 is 1.69 bits per heavy atom. The summed E-state index contributed by atoms with van der Waals surface area (Å²) in [6, 6.07) is 1.48. The molecule has 2 atom stereocenters. The molecule has 2 aliphatic rings. The Labute approximate surface area is 81.5 Å². The summed E-state index contributed by atoms with van der Waals surface area (Å²) in [6.07, 6.45) is 5.55. The lowest BCUT2D eigenvalue weighted by molar-refractivity contribution is 0.123. The molecular formula is C11H22N2. The maximum absolute atomic E-state index is 3.62. The van der Waals surface area contributed by atoms with Crippen molar-refractivity contribution in [3.8, 4) is 0 Å². The minimum Gasteiger partial charge on any atom is -0.314 e. The van der Waals surface area contributed by atoms with Crippen molar-refractivity contribution in [2.45, 2.75) is 51.6 Å². The lowest BCUT2D eigenvalue weighted by atomic mass is 9.72. The first-order valence-corrected chi connectivity index (χ1v) is 5.67. The van der Waals surface area contributed by atoms with Crippen LogP contribution in [0.2, 0.25) is 0 Å². The van der Waals surface area contributed by atoms with Crippen LogP contribution in [0, 0.1) is 5.41 Å². The van der Waals surface area contributed by atoms with Crippen LogP contribution in [-0.2, 0) is 0 Å². The van der Waals surface area contributed by atoms with E-state index in [0.29, 0.717) is 5.41 Å². The maximum Gasteiger partial charge on any atom is 0.00391 e. The number of nitrogens with one attached hydrogen (secondary N) is 2. The van der Waals surface area contributed by atoms with Crippen molar-refractivity contribution < 1.29 is 0 Å². The monoisotopic (exact) mass is 182 g/mol. The highest BCUT2D eigenvalue weighted by atomic mass is 15.0. The van der Waals surface area contributed by atoms with E-state index in [-0.39, 0.29) is 0 Å². The first kappa shape index (κ1) is 9.47. The van der Waals surface area contributed by atoms with Gasteiger partial charge >= 0.3 is 0 Å². The van der Waals surface area contributed by atoms with E-state index in [1.165, 1.54) is 38.8 Å². The molecular weight excluding hydrogens is 160 g/mol. The predicted molar refractivity (Wildman–Crippen MR) is 55.8 cm³/mol. The van der Waals surface area contributed by atoms with Crippen LogP contribution in [0.3, 0.4) is 0 Å². The molecule has 0 aliphatic carbocycles. The molecule has 2 nitrogen and oxygen atoms in total. The van der Waals surface area contributed by atoms with Gasteiger partial charge in [-0.1, -0.05) is 0 Å². The standard InChI is InChI=1S/C11H22N2/c1-9-3-5-11(7-12-9)6-4-10(2)13-8-11/h9-10,12-13H,3-8H2,1-2H3. The van der Waals surface area contributed by atoms with Crippen LogP contribution in [0.5, 0.6) is 0 Å². The fourth-order valence-corrected chi connectivity index (χ4v) is 2.57. The second-order valence-corrected chi connectivity index (χ2v) is 5.14. The smallest absolute Gasteiger partial charge is 0.00391 e. The van der Waals surface area contributed by atoms with Gasteiger partial charge < -0.3 is 10.6 Å². The summed E-state index contributed by atoms with van der Waals surface area (Å²) in [5.41, 5.74) is 0.596. The van der Waals surface area contributed by atoms with Crippen molar-refractivity contribution in [3.63, 3.8) is 0 Å². The van der Waals surface area contributed by atoms with E-state index in [4.69, 9.17) is 0 Å². The molecule has 0 amide bonds. The summed E-state index contributed by atoms with van der Waals surface area (Å²) in [5.74, 6) is 0. The van der Waals surface area contributed by atoms with Gasteiger partial charge in [0.05, 0.1) is 0 Å². The molecule has 2 heteroatoms. The van der Waals surface area contributed by atoms with Crippen LogP contribution in [0.1, 0.15) is 39.5 Å². The number of piperidine rings is 2. The molecule has 2 rings (SSSR count). The lowest BCUT2D eigenvalue weighted by Gasteiger charge is -2.44. The second kappa shape index (κ2) is 3.58. The van der Waals surface area contributed by atoms with Crippen LogP contribution >= 0.6 is 0 Å². The molecule has 0 aromatic carbocycles. The molecule has 2 N–H and O–H groups in total. The summed E-state index contributed by atoms with van der Waals surface area (Å²) in [6.45, 7) is 7.05. The van der Waals surface area contributed by atoms with Crippen molar-refractivity contribution in [3.05, 3.63) is 0 Å². The average Bonchev–Trinajstić information content (AvgIpc) is 2.16. The summed E-state index contributed by atoms with van der Waals surface area (Å²) >= 11 is 0. The second-order valence-electron chi connectivity index (χ2n) is 5.14. The van der Waals surface area contributed by atoms with Crippen molar-refractivity contribution in [1.82, 2.24) is 10.6 Å². The van der Waals surface area contributed by atoms with Gasteiger partial charge in [-0.15, -0.1) is 0 Å². The molecule has 2 aliphatic heterocycles. The molecule has 0 aromatic rings. The third kappa shape index (κ3) is 2.05.